The Labute approximate surface area is 115 Å². The lowest BCUT2D eigenvalue weighted by Crippen LogP contribution is -2.34. The summed E-state index contributed by atoms with van der Waals surface area (Å²) in [5, 5.41) is 12.6. The van der Waals surface area contributed by atoms with Gasteiger partial charge in [-0.2, -0.15) is 11.8 Å². The second kappa shape index (κ2) is 6.74. The average Bonchev–Trinajstić information content (AvgIpc) is 2.84. The molecule has 19 heavy (non-hydrogen) atoms. The van der Waals surface area contributed by atoms with Crippen molar-refractivity contribution in [3.05, 3.63) is 28.4 Å². The third-order valence-corrected chi connectivity index (χ3v) is 3.92. The largest absolute Gasteiger partial charge is 0.395 e. The van der Waals surface area contributed by atoms with E-state index in [4.69, 9.17) is 0 Å². The molecule has 2 aromatic heterocycles. The Morgan fingerprint density at radius 1 is 1.53 bits per heavy atom. The Morgan fingerprint density at radius 2 is 2.37 bits per heavy atom. The van der Waals surface area contributed by atoms with E-state index in [9.17, 15) is 9.90 Å². The molecule has 0 amide bonds. The number of H-pyrrole nitrogens is 2. The first-order valence-electron chi connectivity index (χ1n) is 6.21. The summed E-state index contributed by atoms with van der Waals surface area (Å²) in [5.41, 5.74) is 1.93. The van der Waals surface area contributed by atoms with Gasteiger partial charge >= 0.3 is 0 Å². The van der Waals surface area contributed by atoms with Crippen LogP contribution in [-0.2, 0) is 6.54 Å². The third kappa shape index (κ3) is 3.37. The SMILES string of the molecule is CCSC[C@H](CO)NCc1c[nH]c2c(=O)[nH]cnc12. The molecule has 0 saturated heterocycles. The van der Waals surface area contributed by atoms with E-state index < -0.39 is 0 Å². The van der Waals surface area contributed by atoms with Crippen LogP contribution in [0.2, 0.25) is 0 Å². The van der Waals surface area contributed by atoms with Gasteiger partial charge in [0.2, 0.25) is 0 Å². The predicted molar refractivity (Wildman–Crippen MR) is 77.4 cm³/mol. The topological polar surface area (TPSA) is 93.8 Å². The summed E-state index contributed by atoms with van der Waals surface area (Å²) in [4.78, 5) is 21.2. The first-order valence-corrected chi connectivity index (χ1v) is 7.37. The Kier molecular flexibility index (Phi) is 5.00. The number of nitrogens with zero attached hydrogens (tertiary/aromatic N) is 1. The highest BCUT2D eigenvalue weighted by molar-refractivity contribution is 7.99. The van der Waals surface area contributed by atoms with Gasteiger partial charge in [0, 0.05) is 30.1 Å². The van der Waals surface area contributed by atoms with Crippen molar-refractivity contribution in [1.82, 2.24) is 20.3 Å². The molecule has 1 atom stereocenters. The van der Waals surface area contributed by atoms with E-state index in [0.29, 0.717) is 17.6 Å². The minimum absolute atomic E-state index is 0.0527. The Hall–Kier alpha value is -1.31. The minimum atomic E-state index is -0.170. The van der Waals surface area contributed by atoms with E-state index >= 15 is 0 Å². The average molecular weight is 282 g/mol. The van der Waals surface area contributed by atoms with Crippen molar-refractivity contribution >= 4 is 22.8 Å². The highest BCUT2D eigenvalue weighted by Gasteiger charge is 2.10. The molecule has 0 fully saturated rings. The van der Waals surface area contributed by atoms with Crippen molar-refractivity contribution in [1.29, 1.82) is 0 Å². The molecule has 0 bridgehead atoms. The minimum Gasteiger partial charge on any atom is -0.395 e. The van der Waals surface area contributed by atoms with Crippen molar-refractivity contribution < 1.29 is 5.11 Å². The lowest BCUT2D eigenvalue weighted by atomic mass is 10.2. The highest BCUT2D eigenvalue weighted by Crippen LogP contribution is 2.11. The number of nitrogens with one attached hydrogen (secondary N) is 3. The molecule has 0 aliphatic carbocycles. The summed E-state index contributed by atoms with van der Waals surface area (Å²) in [6.07, 6.45) is 3.18. The molecular weight excluding hydrogens is 264 g/mol. The number of aliphatic hydroxyl groups excluding tert-OH is 1. The van der Waals surface area contributed by atoms with Crippen molar-refractivity contribution in [2.45, 2.75) is 19.5 Å². The summed E-state index contributed by atoms with van der Waals surface area (Å²) >= 11 is 1.78. The zero-order valence-electron chi connectivity index (χ0n) is 10.8. The molecule has 6 nitrogen and oxygen atoms in total. The Balaban J connectivity index is 2.05. The number of hydrogen-bond donors (Lipinski definition) is 4. The summed E-state index contributed by atoms with van der Waals surface area (Å²) in [6.45, 7) is 2.77. The number of aliphatic hydroxyl groups is 1. The molecule has 2 aromatic rings. The fourth-order valence-corrected chi connectivity index (χ4v) is 2.57. The molecule has 4 N–H and O–H groups in total. The molecule has 0 aliphatic rings. The van der Waals surface area contributed by atoms with Gasteiger partial charge in [-0.15, -0.1) is 0 Å². The van der Waals surface area contributed by atoms with Crippen LogP contribution in [0.3, 0.4) is 0 Å². The van der Waals surface area contributed by atoms with E-state index in [1.807, 2.05) is 0 Å². The summed E-state index contributed by atoms with van der Waals surface area (Å²) < 4.78 is 0. The number of aromatic nitrogens is 3. The second-order valence-electron chi connectivity index (χ2n) is 4.19. The lowest BCUT2D eigenvalue weighted by molar-refractivity contribution is 0.253. The van der Waals surface area contributed by atoms with E-state index in [0.717, 1.165) is 17.1 Å². The zero-order chi connectivity index (χ0) is 13.7. The zero-order valence-corrected chi connectivity index (χ0v) is 11.6. The first kappa shape index (κ1) is 14.1. The second-order valence-corrected chi connectivity index (χ2v) is 5.51. The van der Waals surface area contributed by atoms with Crippen LogP contribution in [0.25, 0.3) is 11.0 Å². The molecule has 2 heterocycles. The van der Waals surface area contributed by atoms with E-state index in [-0.39, 0.29) is 18.2 Å². The van der Waals surface area contributed by atoms with Gasteiger partial charge in [0.25, 0.3) is 5.56 Å². The number of fused-ring (bicyclic) bond motifs is 1. The van der Waals surface area contributed by atoms with Crippen LogP contribution in [-0.4, -0.2) is 44.2 Å². The third-order valence-electron chi connectivity index (χ3n) is 2.87. The van der Waals surface area contributed by atoms with E-state index in [1.54, 1.807) is 18.0 Å². The number of hydrogen-bond acceptors (Lipinski definition) is 5. The molecule has 104 valence electrons. The fraction of sp³-hybridized carbons (Fsp3) is 0.500. The smallest absolute Gasteiger partial charge is 0.275 e. The molecule has 0 spiro atoms. The monoisotopic (exact) mass is 282 g/mol. The van der Waals surface area contributed by atoms with Gasteiger partial charge in [0.1, 0.15) is 5.52 Å². The van der Waals surface area contributed by atoms with Gasteiger partial charge in [0.05, 0.1) is 18.5 Å². The molecule has 0 radical (unpaired) electrons. The molecular formula is C12H18N4O2S. The molecule has 0 unspecified atom stereocenters. The highest BCUT2D eigenvalue weighted by atomic mass is 32.2. The van der Waals surface area contributed by atoms with Crippen molar-refractivity contribution in [3.63, 3.8) is 0 Å². The van der Waals surface area contributed by atoms with Gasteiger partial charge in [-0.25, -0.2) is 4.98 Å². The first-order chi connectivity index (χ1) is 9.26. The summed E-state index contributed by atoms with van der Waals surface area (Å²) in [5.74, 6) is 1.89. The Morgan fingerprint density at radius 3 is 3.11 bits per heavy atom. The number of rotatable bonds is 7. The molecule has 7 heteroatoms. The molecule has 0 aliphatic heterocycles. The van der Waals surface area contributed by atoms with Crippen LogP contribution in [0.5, 0.6) is 0 Å². The maximum atomic E-state index is 11.5. The van der Waals surface area contributed by atoms with Gasteiger partial charge in [-0.1, -0.05) is 6.92 Å². The standard InChI is InChI=1S/C12H18N4O2S/c1-2-19-6-9(5-17)13-3-8-4-14-11-10(8)15-7-16-12(11)18/h4,7,9,13-14,17H,2-3,5-6H2,1H3,(H,15,16,18)/t9-/m0/s1. The quantitative estimate of drug-likeness (QED) is 0.592. The van der Waals surface area contributed by atoms with Crippen LogP contribution < -0.4 is 10.9 Å². The van der Waals surface area contributed by atoms with E-state index in [1.165, 1.54) is 6.33 Å². The van der Waals surface area contributed by atoms with Crippen molar-refractivity contribution in [2.75, 3.05) is 18.1 Å². The van der Waals surface area contributed by atoms with Gasteiger partial charge in [0.15, 0.2) is 0 Å². The van der Waals surface area contributed by atoms with Gasteiger partial charge in [-0.3, -0.25) is 4.79 Å². The van der Waals surface area contributed by atoms with Crippen molar-refractivity contribution in [2.24, 2.45) is 0 Å². The summed E-state index contributed by atoms with van der Waals surface area (Å²) in [6, 6.07) is 0.0527. The van der Waals surface area contributed by atoms with Crippen LogP contribution in [0.15, 0.2) is 17.3 Å². The lowest BCUT2D eigenvalue weighted by Gasteiger charge is -2.14. The molecule has 0 aromatic carbocycles. The van der Waals surface area contributed by atoms with Crippen LogP contribution in [0.1, 0.15) is 12.5 Å². The number of thioether (sulfide) groups is 1. The fourth-order valence-electron chi connectivity index (χ4n) is 1.83. The van der Waals surface area contributed by atoms with Crippen molar-refractivity contribution in [3.8, 4) is 0 Å². The Bertz CT molecular complexity index is 580. The van der Waals surface area contributed by atoms with Gasteiger partial charge < -0.3 is 20.4 Å². The normalized spacial score (nSPS) is 12.9. The number of aromatic amines is 2. The maximum absolute atomic E-state index is 11.5. The van der Waals surface area contributed by atoms with E-state index in [2.05, 4.69) is 27.2 Å². The van der Waals surface area contributed by atoms with Gasteiger partial charge in [-0.05, 0) is 5.75 Å². The van der Waals surface area contributed by atoms with Crippen LogP contribution in [0, 0.1) is 0 Å². The maximum Gasteiger partial charge on any atom is 0.275 e. The summed E-state index contributed by atoms with van der Waals surface area (Å²) in [7, 11) is 0. The van der Waals surface area contributed by atoms with Crippen LogP contribution >= 0.6 is 11.8 Å². The predicted octanol–water partition coefficient (Wildman–Crippen LogP) is 0.455. The molecule has 0 saturated carbocycles. The van der Waals surface area contributed by atoms with Crippen LogP contribution in [0.4, 0.5) is 0 Å². The molecule has 2 rings (SSSR count).